The van der Waals surface area contributed by atoms with Crippen LogP contribution in [-0.4, -0.2) is 37.2 Å². The van der Waals surface area contributed by atoms with E-state index in [0.29, 0.717) is 13.2 Å². The number of hydrogen-bond donors (Lipinski definition) is 3. The number of primary amides is 1. The molecule has 1 heterocycles. The lowest BCUT2D eigenvalue weighted by Crippen LogP contribution is -2.51. The molecule has 0 aromatic heterocycles. The van der Waals surface area contributed by atoms with E-state index in [2.05, 4.69) is 5.32 Å². The average Bonchev–Trinajstić information content (AvgIpc) is 2.15. The summed E-state index contributed by atoms with van der Waals surface area (Å²) in [5, 5.41) is 5.11. The van der Waals surface area contributed by atoms with Gasteiger partial charge in [-0.2, -0.15) is 0 Å². The molecular formula is C9H17N3O3. The molecule has 1 aliphatic heterocycles. The van der Waals surface area contributed by atoms with Crippen molar-refractivity contribution in [2.24, 2.45) is 5.73 Å². The molecule has 0 saturated carbocycles. The highest BCUT2D eigenvalue weighted by molar-refractivity contribution is 5.94. The van der Waals surface area contributed by atoms with E-state index < -0.39 is 11.9 Å². The summed E-state index contributed by atoms with van der Waals surface area (Å²) in [6, 6.07) is -0.820. The molecule has 86 valence electrons. The highest BCUT2D eigenvalue weighted by Gasteiger charge is 2.27. The lowest BCUT2D eigenvalue weighted by Gasteiger charge is -2.34. The van der Waals surface area contributed by atoms with Crippen molar-refractivity contribution in [2.45, 2.75) is 25.3 Å². The maximum atomic E-state index is 11.1. The van der Waals surface area contributed by atoms with E-state index >= 15 is 0 Å². The number of ether oxygens (including phenoxy) is 1. The van der Waals surface area contributed by atoms with Gasteiger partial charge in [0, 0.05) is 18.8 Å². The first kappa shape index (κ1) is 11.9. The summed E-state index contributed by atoms with van der Waals surface area (Å²) >= 11 is 0. The smallest absolute Gasteiger partial charge is 0.318 e. The lowest BCUT2D eigenvalue weighted by atomic mass is 9.92. The minimum atomic E-state index is -0.820. The zero-order valence-electron chi connectivity index (χ0n) is 8.84. The third kappa shape index (κ3) is 4.26. The summed E-state index contributed by atoms with van der Waals surface area (Å²) in [5.74, 6) is -0.407. The Morgan fingerprint density at radius 1 is 1.40 bits per heavy atom. The maximum absolute atomic E-state index is 11.1. The third-order valence-corrected chi connectivity index (χ3v) is 2.53. The quantitative estimate of drug-likeness (QED) is 0.582. The first-order valence-electron chi connectivity index (χ1n) is 4.94. The van der Waals surface area contributed by atoms with Crippen LogP contribution in [0.3, 0.4) is 0 Å². The molecule has 1 saturated heterocycles. The maximum Gasteiger partial charge on any atom is 0.318 e. The Balaban J connectivity index is 2.28. The van der Waals surface area contributed by atoms with E-state index in [-0.39, 0.29) is 12.1 Å². The number of carbonyl (C=O) groups excluding carboxylic acids is 2. The Morgan fingerprint density at radius 3 is 2.53 bits per heavy atom. The zero-order valence-corrected chi connectivity index (χ0v) is 8.84. The molecule has 1 rings (SSSR count). The molecule has 0 bridgehead atoms. The lowest BCUT2D eigenvalue weighted by molar-refractivity contribution is -0.119. The van der Waals surface area contributed by atoms with Crippen molar-refractivity contribution in [3.05, 3.63) is 0 Å². The van der Waals surface area contributed by atoms with Crippen LogP contribution < -0.4 is 16.4 Å². The molecule has 0 aromatic carbocycles. The van der Waals surface area contributed by atoms with Crippen molar-refractivity contribution in [1.82, 2.24) is 10.6 Å². The predicted molar refractivity (Wildman–Crippen MR) is 54.2 cm³/mol. The summed E-state index contributed by atoms with van der Waals surface area (Å²) < 4.78 is 5.22. The van der Waals surface area contributed by atoms with Gasteiger partial charge in [0.15, 0.2) is 0 Å². The van der Waals surface area contributed by atoms with Crippen molar-refractivity contribution < 1.29 is 14.3 Å². The Labute approximate surface area is 88.5 Å². The van der Waals surface area contributed by atoms with Crippen molar-refractivity contribution >= 4 is 11.9 Å². The Kier molecular flexibility index (Phi) is 4.05. The molecular weight excluding hydrogens is 198 g/mol. The van der Waals surface area contributed by atoms with Crippen LogP contribution in [0.4, 0.5) is 4.79 Å². The van der Waals surface area contributed by atoms with Crippen molar-refractivity contribution in [3.8, 4) is 0 Å². The molecule has 0 spiro atoms. The van der Waals surface area contributed by atoms with E-state index in [0.717, 1.165) is 12.8 Å². The number of urea groups is 1. The Bertz CT molecular complexity index is 249. The summed E-state index contributed by atoms with van der Waals surface area (Å²) in [7, 11) is 0. The van der Waals surface area contributed by atoms with Crippen LogP contribution in [0.25, 0.3) is 0 Å². The fraction of sp³-hybridized carbons (Fsp3) is 0.778. The fourth-order valence-electron chi connectivity index (χ4n) is 1.47. The van der Waals surface area contributed by atoms with E-state index in [1.807, 2.05) is 12.2 Å². The van der Waals surface area contributed by atoms with Gasteiger partial charge in [0.05, 0.1) is 6.54 Å². The number of nitrogens with one attached hydrogen (secondary N) is 2. The number of hydrogen-bond acceptors (Lipinski definition) is 4. The van der Waals surface area contributed by atoms with Gasteiger partial charge in [-0.1, -0.05) is 0 Å². The van der Waals surface area contributed by atoms with Crippen LogP contribution in [0.5, 0.6) is 0 Å². The van der Waals surface area contributed by atoms with Crippen molar-refractivity contribution in [1.29, 1.82) is 0 Å². The van der Waals surface area contributed by atoms with Gasteiger partial charge in [0.1, 0.15) is 0 Å². The second kappa shape index (κ2) is 5.09. The monoisotopic (exact) mass is 215 g/mol. The minimum absolute atomic E-state index is 0.0900. The zero-order chi connectivity index (χ0) is 11.3. The Hall–Kier alpha value is -1.14. The van der Waals surface area contributed by atoms with Gasteiger partial charge in [-0.3, -0.25) is 10.1 Å². The van der Waals surface area contributed by atoms with Crippen LogP contribution in [0, 0.1) is 0 Å². The average molecular weight is 215 g/mol. The largest absolute Gasteiger partial charge is 0.381 e. The van der Waals surface area contributed by atoms with Gasteiger partial charge in [0.25, 0.3) is 0 Å². The highest BCUT2D eigenvalue weighted by atomic mass is 16.5. The number of imide groups is 1. The van der Waals surface area contributed by atoms with E-state index in [1.165, 1.54) is 0 Å². The van der Waals surface area contributed by atoms with E-state index in [9.17, 15) is 9.59 Å². The highest BCUT2D eigenvalue weighted by Crippen LogP contribution is 2.18. The van der Waals surface area contributed by atoms with Gasteiger partial charge in [0.2, 0.25) is 5.91 Å². The first-order valence-corrected chi connectivity index (χ1v) is 4.94. The first-order chi connectivity index (χ1) is 7.02. The molecule has 6 heteroatoms. The van der Waals surface area contributed by atoms with Gasteiger partial charge >= 0.3 is 6.03 Å². The number of nitrogens with two attached hydrogens (primary N) is 1. The molecule has 0 aromatic rings. The second-order valence-corrected chi connectivity index (χ2v) is 3.94. The number of amides is 3. The van der Waals surface area contributed by atoms with Crippen LogP contribution in [-0.2, 0) is 9.53 Å². The summed E-state index contributed by atoms with van der Waals surface area (Å²) in [6.07, 6.45) is 1.72. The van der Waals surface area contributed by atoms with Gasteiger partial charge in [-0.25, -0.2) is 4.79 Å². The topological polar surface area (TPSA) is 93.5 Å². The van der Waals surface area contributed by atoms with Gasteiger partial charge in [-0.15, -0.1) is 0 Å². The van der Waals surface area contributed by atoms with E-state index in [4.69, 9.17) is 10.5 Å². The van der Waals surface area contributed by atoms with Crippen molar-refractivity contribution in [2.75, 3.05) is 19.8 Å². The Morgan fingerprint density at radius 2 is 2.00 bits per heavy atom. The van der Waals surface area contributed by atoms with E-state index in [1.54, 1.807) is 0 Å². The summed E-state index contributed by atoms with van der Waals surface area (Å²) in [6.45, 7) is 3.52. The molecule has 6 nitrogen and oxygen atoms in total. The fourth-order valence-corrected chi connectivity index (χ4v) is 1.47. The minimum Gasteiger partial charge on any atom is -0.381 e. The van der Waals surface area contributed by atoms with Crippen molar-refractivity contribution in [3.63, 3.8) is 0 Å². The molecule has 0 atom stereocenters. The SMILES string of the molecule is CC1(NCC(=O)NC(N)=O)CCOCC1. The molecule has 1 fully saturated rings. The predicted octanol–water partition coefficient (Wildman–Crippen LogP) is -0.660. The van der Waals surface area contributed by atoms with Crippen LogP contribution in [0.1, 0.15) is 19.8 Å². The standard InChI is InChI=1S/C9H17N3O3/c1-9(2-4-15-5-3-9)11-6-7(13)12-8(10)14/h11H,2-6H2,1H3,(H3,10,12,13,14). The summed E-state index contributed by atoms with van der Waals surface area (Å²) in [5.41, 5.74) is 4.73. The summed E-state index contributed by atoms with van der Waals surface area (Å²) in [4.78, 5) is 21.5. The molecule has 0 unspecified atom stereocenters. The van der Waals surface area contributed by atoms with Gasteiger partial charge < -0.3 is 15.8 Å². The molecule has 15 heavy (non-hydrogen) atoms. The second-order valence-electron chi connectivity index (χ2n) is 3.94. The molecule has 3 amide bonds. The molecule has 4 N–H and O–H groups in total. The molecule has 1 aliphatic rings. The van der Waals surface area contributed by atoms with Crippen LogP contribution in [0.15, 0.2) is 0 Å². The molecule has 0 radical (unpaired) electrons. The number of rotatable bonds is 3. The van der Waals surface area contributed by atoms with Crippen LogP contribution >= 0.6 is 0 Å². The van der Waals surface area contributed by atoms with Gasteiger partial charge in [-0.05, 0) is 19.8 Å². The normalized spacial score (nSPS) is 19.5. The number of carbonyl (C=O) groups is 2. The third-order valence-electron chi connectivity index (χ3n) is 2.53. The van der Waals surface area contributed by atoms with Crippen LogP contribution in [0.2, 0.25) is 0 Å². The molecule has 0 aliphatic carbocycles.